The van der Waals surface area contributed by atoms with Crippen molar-refractivity contribution in [2.24, 2.45) is 5.92 Å². The zero-order chi connectivity index (χ0) is 15.5. The Kier molecular flexibility index (Phi) is 3.91. The van der Waals surface area contributed by atoms with Crippen LogP contribution in [0.3, 0.4) is 0 Å². The zero-order valence-corrected chi connectivity index (χ0v) is 12.1. The number of nitrogens with zero attached hydrogens (tertiary/aromatic N) is 3. The molecule has 0 saturated carbocycles. The van der Waals surface area contributed by atoms with E-state index >= 15 is 0 Å². The minimum absolute atomic E-state index is 0.0881. The van der Waals surface area contributed by atoms with E-state index in [9.17, 15) is 9.59 Å². The van der Waals surface area contributed by atoms with Gasteiger partial charge < -0.3 is 10.0 Å². The number of carboxylic acid groups (broad SMARTS) is 1. The van der Waals surface area contributed by atoms with E-state index in [0.717, 1.165) is 11.4 Å². The Balaban J connectivity index is 1.60. The lowest BCUT2D eigenvalue weighted by molar-refractivity contribution is -0.141. The van der Waals surface area contributed by atoms with Crippen molar-refractivity contribution in [1.82, 2.24) is 14.7 Å². The molecule has 1 N–H and O–H groups in total. The summed E-state index contributed by atoms with van der Waals surface area (Å²) in [5, 5.41) is 13.5. The highest BCUT2D eigenvalue weighted by molar-refractivity contribution is 5.86. The second kappa shape index (κ2) is 6.01. The fourth-order valence-electron chi connectivity index (χ4n) is 2.62. The van der Waals surface area contributed by atoms with Crippen LogP contribution in [0.4, 0.5) is 0 Å². The van der Waals surface area contributed by atoms with Crippen LogP contribution >= 0.6 is 0 Å². The van der Waals surface area contributed by atoms with Crippen LogP contribution in [0, 0.1) is 5.92 Å². The van der Waals surface area contributed by atoms with E-state index in [4.69, 9.17) is 5.11 Å². The Morgan fingerprint density at radius 3 is 2.73 bits per heavy atom. The van der Waals surface area contributed by atoms with Crippen molar-refractivity contribution in [1.29, 1.82) is 0 Å². The third kappa shape index (κ3) is 3.00. The molecule has 1 aromatic heterocycles. The fraction of sp³-hybridized carbons (Fsp3) is 0.312. The number of aromatic nitrogens is 2. The highest BCUT2D eigenvalue weighted by Gasteiger charge is 2.33. The SMILES string of the molecule is O=C(O)C1CC(=O)N(CCc2ccn(-c3ccccc3)n2)C1. The molecule has 1 aliphatic heterocycles. The molecule has 1 amide bonds. The van der Waals surface area contributed by atoms with Gasteiger partial charge in [0.1, 0.15) is 0 Å². The number of carboxylic acids is 1. The first-order chi connectivity index (χ1) is 10.6. The number of aliphatic carboxylic acids is 1. The molecule has 0 radical (unpaired) electrons. The maximum absolute atomic E-state index is 11.8. The van der Waals surface area contributed by atoms with Crippen molar-refractivity contribution in [3.63, 3.8) is 0 Å². The van der Waals surface area contributed by atoms with E-state index in [1.165, 1.54) is 0 Å². The number of hydrogen-bond donors (Lipinski definition) is 1. The van der Waals surface area contributed by atoms with Gasteiger partial charge in [0.2, 0.25) is 5.91 Å². The van der Waals surface area contributed by atoms with Crippen LogP contribution in [-0.4, -0.2) is 44.8 Å². The molecule has 1 fully saturated rings. The molecule has 1 unspecified atom stereocenters. The molecular formula is C16H17N3O3. The summed E-state index contributed by atoms with van der Waals surface area (Å²) in [6.45, 7) is 0.808. The minimum atomic E-state index is -0.899. The molecule has 6 nitrogen and oxygen atoms in total. The molecule has 1 aliphatic rings. The fourth-order valence-corrected chi connectivity index (χ4v) is 2.62. The number of carbonyl (C=O) groups excluding carboxylic acids is 1. The van der Waals surface area contributed by atoms with Crippen molar-refractivity contribution in [3.8, 4) is 5.69 Å². The Labute approximate surface area is 128 Å². The van der Waals surface area contributed by atoms with Gasteiger partial charge in [-0.15, -0.1) is 0 Å². The van der Waals surface area contributed by atoms with E-state index in [1.807, 2.05) is 42.6 Å². The number of carbonyl (C=O) groups is 2. The van der Waals surface area contributed by atoms with Crippen molar-refractivity contribution in [2.75, 3.05) is 13.1 Å². The summed E-state index contributed by atoms with van der Waals surface area (Å²) in [7, 11) is 0. The molecule has 2 heterocycles. The van der Waals surface area contributed by atoms with Gasteiger partial charge in [0.25, 0.3) is 0 Å². The van der Waals surface area contributed by atoms with Crippen LogP contribution in [0.5, 0.6) is 0 Å². The molecule has 2 aromatic rings. The maximum Gasteiger partial charge on any atom is 0.308 e. The lowest BCUT2D eigenvalue weighted by atomic mass is 10.1. The second-order valence-electron chi connectivity index (χ2n) is 5.42. The first-order valence-corrected chi connectivity index (χ1v) is 7.24. The van der Waals surface area contributed by atoms with Crippen LogP contribution in [0.1, 0.15) is 12.1 Å². The number of amides is 1. The van der Waals surface area contributed by atoms with Crippen molar-refractivity contribution >= 4 is 11.9 Å². The van der Waals surface area contributed by atoms with Gasteiger partial charge in [-0.25, -0.2) is 4.68 Å². The van der Waals surface area contributed by atoms with Gasteiger partial charge in [-0.3, -0.25) is 9.59 Å². The largest absolute Gasteiger partial charge is 0.481 e. The van der Waals surface area contributed by atoms with Gasteiger partial charge in [0, 0.05) is 32.1 Å². The number of rotatable bonds is 5. The molecule has 114 valence electrons. The summed E-state index contributed by atoms with van der Waals surface area (Å²) >= 11 is 0. The maximum atomic E-state index is 11.8. The standard InChI is InChI=1S/C16H17N3O3/c20-15-10-12(16(21)22)11-18(15)8-6-13-7-9-19(17-13)14-4-2-1-3-5-14/h1-5,7,9,12H,6,8,10-11H2,(H,21,22). The monoisotopic (exact) mass is 299 g/mol. The molecule has 1 aromatic carbocycles. The minimum Gasteiger partial charge on any atom is -0.481 e. The van der Waals surface area contributed by atoms with Gasteiger partial charge >= 0.3 is 5.97 Å². The predicted molar refractivity (Wildman–Crippen MR) is 79.6 cm³/mol. The van der Waals surface area contributed by atoms with E-state index in [-0.39, 0.29) is 12.3 Å². The normalized spacial score (nSPS) is 17.9. The number of likely N-dealkylation sites (tertiary alicyclic amines) is 1. The molecule has 22 heavy (non-hydrogen) atoms. The van der Waals surface area contributed by atoms with Crippen LogP contribution < -0.4 is 0 Å². The van der Waals surface area contributed by atoms with E-state index in [0.29, 0.717) is 19.5 Å². The smallest absolute Gasteiger partial charge is 0.308 e. The third-order valence-electron chi connectivity index (χ3n) is 3.87. The molecule has 0 spiro atoms. The number of para-hydroxylation sites is 1. The molecule has 1 atom stereocenters. The quantitative estimate of drug-likeness (QED) is 0.904. The lowest BCUT2D eigenvalue weighted by Gasteiger charge is -2.14. The van der Waals surface area contributed by atoms with Gasteiger partial charge in [0.15, 0.2) is 0 Å². The third-order valence-corrected chi connectivity index (χ3v) is 3.87. The van der Waals surface area contributed by atoms with Crippen molar-refractivity contribution in [3.05, 3.63) is 48.3 Å². The summed E-state index contributed by atoms with van der Waals surface area (Å²) in [5.41, 5.74) is 1.87. The second-order valence-corrected chi connectivity index (χ2v) is 5.42. The van der Waals surface area contributed by atoms with Gasteiger partial charge in [0.05, 0.1) is 17.3 Å². The van der Waals surface area contributed by atoms with Gasteiger partial charge in [-0.05, 0) is 18.2 Å². The van der Waals surface area contributed by atoms with E-state index < -0.39 is 11.9 Å². The molecule has 6 heteroatoms. The summed E-state index contributed by atoms with van der Waals surface area (Å²) in [4.78, 5) is 24.3. The first-order valence-electron chi connectivity index (χ1n) is 7.24. The van der Waals surface area contributed by atoms with Gasteiger partial charge in [-0.2, -0.15) is 5.10 Å². The average molecular weight is 299 g/mol. The van der Waals surface area contributed by atoms with E-state index in [1.54, 1.807) is 9.58 Å². The van der Waals surface area contributed by atoms with Crippen LogP contribution in [-0.2, 0) is 16.0 Å². The van der Waals surface area contributed by atoms with Crippen LogP contribution in [0.15, 0.2) is 42.6 Å². The molecule has 0 bridgehead atoms. The zero-order valence-electron chi connectivity index (χ0n) is 12.1. The van der Waals surface area contributed by atoms with Crippen LogP contribution in [0.2, 0.25) is 0 Å². The van der Waals surface area contributed by atoms with Crippen molar-refractivity contribution < 1.29 is 14.7 Å². The molecular weight excluding hydrogens is 282 g/mol. The Morgan fingerprint density at radius 1 is 1.27 bits per heavy atom. The number of hydrogen-bond acceptors (Lipinski definition) is 3. The highest BCUT2D eigenvalue weighted by atomic mass is 16.4. The van der Waals surface area contributed by atoms with Crippen molar-refractivity contribution in [2.45, 2.75) is 12.8 Å². The summed E-state index contributed by atoms with van der Waals surface area (Å²) in [6, 6.07) is 11.7. The number of benzene rings is 1. The highest BCUT2D eigenvalue weighted by Crippen LogP contribution is 2.18. The lowest BCUT2D eigenvalue weighted by Crippen LogP contribution is -2.28. The summed E-state index contributed by atoms with van der Waals surface area (Å²) < 4.78 is 1.79. The summed E-state index contributed by atoms with van der Waals surface area (Å²) in [6.07, 6.45) is 2.61. The Hall–Kier alpha value is -2.63. The predicted octanol–water partition coefficient (Wildman–Crippen LogP) is 1.35. The topological polar surface area (TPSA) is 75.4 Å². The average Bonchev–Trinajstić information content (AvgIpc) is 3.13. The first kappa shape index (κ1) is 14.3. The molecule has 0 aliphatic carbocycles. The van der Waals surface area contributed by atoms with Crippen LogP contribution in [0.25, 0.3) is 5.69 Å². The van der Waals surface area contributed by atoms with Gasteiger partial charge in [-0.1, -0.05) is 18.2 Å². The molecule has 3 rings (SSSR count). The molecule has 1 saturated heterocycles. The Morgan fingerprint density at radius 2 is 2.05 bits per heavy atom. The Bertz CT molecular complexity index is 681. The van der Waals surface area contributed by atoms with E-state index in [2.05, 4.69) is 5.10 Å². The summed E-state index contributed by atoms with van der Waals surface area (Å²) in [5.74, 6) is -1.56.